The predicted molar refractivity (Wildman–Crippen MR) is 56.4 cm³/mol. The van der Waals surface area contributed by atoms with Gasteiger partial charge in [-0.25, -0.2) is 4.79 Å². The monoisotopic (exact) mass is 188 g/mol. The summed E-state index contributed by atoms with van der Waals surface area (Å²) < 4.78 is 4.79. The molecule has 0 aromatic heterocycles. The van der Waals surface area contributed by atoms with Crippen LogP contribution in [0.3, 0.4) is 0 Å². The summed E-state index contributed by atoms with van der Waals surface area (Å²) in [7, 11) is 0. The van der Waals surface area contributed by atoms with E-state index >= 15 is 0 Å². The molecule has 0 unspecified atom stereocenters. The molecular formula is C12H12O2. The number of carbonyl (C=O) groups is 1. The number of rotatable bonds is 3. The van der Waals surface area contributed by atoms with Crippen LogP contribution in [-0.2, 0) is 9.53 Å². The Morgan fingerprint density at radius 3 is 2.57 bits per heavy atom. The van der Waals surface area contributed by atoms with Crippen LogP contribution in [0, 0.1) is 0 Å². The molecule has 0 atom stereocenters. The third kappa shape index (κ3) is 2.90. The average Bonchev–Trinajstić information content (AvgIpc) is 2.26. The van der Waals surface area contributed by atoms with Gasteiger partial charge in [-0.05, 0) is 18.1 Å². The van der Waals surface area contributed by atoms with Crippen LogP contribution in [0.1, 0.15) is 12.5 Å². The summed E-state index contributed by atoms with van der Waals surface area (Å²) in [6.07, 6.45) is 2.56. The summed E-state index contributed by atoms with van der Waals surface area (Å²) in [5.41, 5.74) is 1.94. The number of allylic oxidation sites excluding steroid dienone is 1. The Balaban J connectivity index is 2.70. The fourth-order valence-electron chi connectivity index (χ4n) is 0.964. The van der Waals surface area contributed by atoms with Gasteiger partial charge in [-0.1, -0.05) is 36.9 Å². The molecule has 0 N–H and O–H groups in total. The van der Waals surface area contributed by atoms with E-state index in [4.69, 9.17) is 4.74 Å². The van der Waals surface area contributed by atoms with E-state index in [1.165, 1.54) is 6.26 Å². The van der Waals surface area contributed by atoms with Crippen LogP contribution < -0.4 is 0 Å². The lowest BCUT2D eigenvalue weighted by Gasteiger charge is -2.00. The van der Waals surface area contributed by atoms with Gasteiger partial charge in [0.15, 0.2) is 0 Å². The third-order valence-electron chi connectivity index (χ3n) is 1.75. The highest BCUT2D eigenvalue weighted by Gasteiger charge is 1.96. The molecule has 72 valence electrons. The summed E-state index contributed by atoms with van der Waals surface area (Å²) in [5, 5.41) is 0. The van der Waals surface area contributed by atoms with Crippen LogP contribution in [0.15, 0.2) is 49.2 Å². The molecule has 1 aromatic carbocycles. The normalized spacial score (nSPS) is 10.8. The minimum atomic E-state index is -0.444. The van der Waals surface area contributed by atoms with E-state index in [1.54, 1.807) is 0 Å². The van der Waals surface area contributed by atoms with E-state index in [2.05, 4.69) is 6.58 Å². The molecular weight excluding hydrogens is 176 g/mol. The quantitative estimate of drug-likeness (QED) is 0.414. The summed E-state index contributed by atoms with van der Waals surface area (Å²) in [5.74, 6) is -0.444. The van der Waals surface area contributed by atoms with Crippen molar-refractivity contribution in [2.75, 3.05) is 0 Å². The maximum Gasteiger partial charge on any atom is 0.334 e. The maximum absolute atomic E-state index is 10.8. The minimum absolute atomic E-state index is 0.444. The lowest BCUT2D eigenvalue weighted by Crippen LogP contribution is -1.93. The van der Waals surface area contributed by atoms with Gasteiger partial charge in [0, 0.05) is 6.08 Å². The van der Waals surface area contributed by atoms with Gasteiger partial charge in [0.05, 0.1) is 6.26 Å². The molecule has 0 saturated carbocycles. The summed E-state index contributed by atoms with van der Waals surface area (Å²) in [6, 6.07) is 9.71. The van der Waals surface area contributed by atoms with Crippen molar-refractivity contribution in [3.05, 3.63) is 54.8 Å². The van der Waals surface area contributed by atoms with Gasteiger partial charge in [0.1, 0.15) is 0 Å². The van der Waals surface area contributed by atoms with E-state index < -0.39 is 5.97 Å². The van der Waals surface area contributed by atoms with Gasteiger partial charge in [0.2, 0.25) is 0 Å². The third-order valence-corrected chi connectivity index (χ3v) is 1.75. The second-order valence-corrected chi connectivity index (χ2v) is 2.81. The molecule has 0 bridgehead atoms. The second-order valence-electron chi connectivity index (χ2n) is 2.81. The molecule has 14 heavy (non-hydrogen) atoms. The molecule has 0 saturated heterocycles. The van der Waals surface area contributed by atoms with Crippen LogP contribution in [0.2, 0.25) is 0 Å². The van der Waals surface area contributed by atoms with Crippen LogP contribution >= 0.6 is 0 Å². The molecule has 0 aliphatic carbocycles. The number of benzene rings is 1. The van der Waals surface area contributed by atoms with Crippen molar-refractivity contribution < 1.29 is 9.53 Å². The van der Waals surface area contributed by atoms with Crippen LogP contribution in [0.4, 0.5) is 0 Å². The Kier molecular flexibility index (Phi) is 3.68. The topological polar surface area (TPSA) is 26.3 Å². The predicted octanol–water partition coefficient (Wildman–Crippen LogP) is 2.78. The smallest absolute Gasteiger partial charge is 0.334 e. The van der Waals surface area contributed by atoms with Crippen LogP contribution in [0.25, 0.3) is 5.57 Å². The summed E-state index contributed by atoms with van der Waals surface area (Å²) in [6.45, 7) is 5.19. The van der Waals surface area contributed by atoms with E-state index in [9.17, 15) is 4.79 Å². The fourth-order valence-corrected chi connectivity index (χ4v) is 0.964. The van der Waals surface area contributed by atoms with Crippen molar-refractivity contribution in [3.8, 4) is 0 Å². The van der Waals surface area contributed by atoms with E-state index in [-0.39, 0.29) is 0 Å². The highest BCUT2D eigenvalue weighted by Crippen LogP contribution is 2.12. The van der Waals surface area contributed by atoms with Gasteiger partial charge < -0.3 is 4.74 Å². The molecule has 2 nitrogen and oxygen atoms in total. The second kappa shape index (κ2) is 5.02. The molecule has 0 aliphatic rings. The minimum Gasteiger partial charge on any atom is -0.431 e. The Morgan fingerprint density at radius 1 is 1.36 bits per heavy atom. The number of esters is 1. The summed E-state index contributed by atoms with van der Waals surface area (Å²) >= 11 is 0. The molecule has 0 amide bonds. The van der Waals surface area contributed by atoms with Gasteiger partial charge >= 0.3 is 5.97 Å². The first kappa shape index (κ1) is 10.3. The first-order valence-corrected chi connectivity index (χ1v) is 4.29. The Labute approximate surface area is 83.5 Å². The van der Waals surface area contributed by atoms with E-state index in [0.29, 0.717) is 0 Å². The van der Waals surface area contributed by atoms with Crippen LogP contribution in [0.5, 0.6) is 0 Å². The number of hydrogen-bond donors (Lipinski definition) is 0. The number of carbonyl (C=O) groups excluding carboxylic acids is 1. The number of ether oxygens (including phenoxy) is 1. The van der Waals surface area contributed by atoms with Crippen molar-refractivity contribution in [1.29, 1.82) is 0 Å². The Bertz CT molecular complexity index is 350. The fraction of sp³-hybridized carbons (Fsp3) is 0.0833. The SMILES string of the molecule is C=CC(=O)OC=C(C)c1ccccc1. The van der Waals surface area contributed by atoms with Gasteiger partial charge in [-0.3, -0.25) is 0 Å². The molecule has 0 radical (unpaired) electrons. The van der Waals surface area contributed by atoms with Crippen molar-refractivity contribution in [3.63, 3.8) is 0 Å². The largest absolute Gasteiger partial charge is 0.431 e. The van der Waals surface area contributed by atoms with E-state index in [0.717, 1.165) is 17.2 Å². The zero-order chi connectivity index (χ0) is 10.4. The first-order valence-electron chi connectivity index (χ1n) is 4.29. The molecule has 1 rings (SSSR count). The van der Waals surface area contributed by atoms with Crippen molar-refractivity contribution in [1.82, 2.24) is 0 Å². The van der Waals surface area contributed by atoms with Crippen molar-refractivity contribution >= 4 is 11.5 Å². The van der Waals surface area contributed by atoms with E-state index in [1.807, 2.05) is 37.3 Å². The van der Waals surface area contributed by atoms with Gasteiger partial charge in [-0.2, -0.15) is 0 Å². The van der Waals surface area contributed by atoms with Crippen molar-refractivity contribution in [2.45, 2.75) is 6.92 Å². The number of hydrogen-bond acceptors (Lipinski definition) is 2. The molecule has 1 aromatic rings. The molecule has 0 fully saturated rings. The average molecular weight is 188 g/mol. The lowest BCUT2D eigenvalue weighted by molar-refractivity contribution is -0.132. The molecule has 2 heteroatoms. The summed E-state index contributed by atoms with van der Waals surface area (Å²) in [4.78, 5) is 10.8. The Morgan fingerprint density at radius 2 is 2.00 bits per heavy atom. The first-order chi connectivity index (χ1) is 6.74. The maximum atomic E-state index is 10.8. The lowest BCUT2D eigenvalue weighted by atomic mass is 10.1. The molecule has 0 spiro atoms. The zero-order valence-corrected chi connectivity index (χ0v) is 8.07. The van der Waals surface area contributed by atoms with Crippen LogP contribution in [-0.4, -0.2) is 5.97 Å². The zero-order valence-electron chi connectivity index (χ0n) is 8.07. The highest BCUT2D eigenvalue weighted by atomic mass is 16.5. The van der Waals surface area contributed by atoms with Crippen molar-refractivity contribution in [2.24, 2.45) is 0 Å². The van der Waals surface area contributed by atoms with Gasteiger partial charge in [0.25, 0.3) is 0 Å². The standard InChI is InChI=1S/C12H12O2/c1-3-12(13)14-9-10(2)11-7-5-4-6-8-11/h3-9H,1H2,2H3. The molecule has 0 heterocycles. The Hall–Kier alpha value is -1.83. The van der Waals surface area contributed by atoms with Gasteiger partial charge in [-0.15, -0.1) is 0 Å². The molecule has 0 aliphatic heterocycles. The highest BCUT2D eigenvalue weighted by molar-refractivity contribution is 5.82.